The van der Waals surface area contributed by atoms with E-state index < -0.39 is 0 Å². The molecule has 1 amide bonds. The molecule has 0 spiro atoms. The number of amides is 1. The fraction of sp³-hybridized carbons (Fsp3) is 0.333. The van der Waals surface area contributed by atoms with Gasteiger partial charge in [-0.1, -0.05) is 56.3 Å². The molecule has 0 aliphatic rings. The van der Waals surface area contributed by atoms with Crippen LogP contribution in [0.3, 0.4) is 0 Å². The van der Waals surface area contributed by atoms with E-state index in [1.54, 1.807) is 31.2 Å². The molecule has 0 aromatic heterocycles. The molecule has 0 atom stereocenters. The largest absolute Gasteiger partial charge is 0.378 e. The predicted octanol–water partition coefficient (Wildman–Crippen LogP) is 3.84. The molecule has 2 aromatic rings. The number of hydrogen-bond acceptors (Lipinski definition) is 6. The third-order valence-corrected chi connectivity index (χ3v) is 5.81. The van der Waals surface area contributed by atoms with E-state index in [9.17, 15) is 19.2 Å². The van der Waals surface area contributed by atoms with Crippen LogP contribution in [0, 0.1) is 0 Å². The number of benzene rings is 2. The van der Waals surface area contributed by atoms with Crippen LogP contribution in [0.4, 0.5) is 0 Å². The molecule has 2 N–H and O–H groups in total. The van der Waals surface area contributed by atoms with Crippen molar-refractivity contribution < 1.29 is 23.9 Å². The lowest BCUT2D eigenvalue weighted by atomic mass is 9.96. The first-order valence-corrected chi connectivity index (χ1v) is 12.6. The van der Waals surface area contributed by atoms with Crippen LogP contribution in [-0.2, 0) is 27.2 Å². The van der Waals surface area contributed by atoms with Crippen molar-refractivity contribution in [3.05, 3.63) is 81.9 Å². The fourth-order valence-electron chi connectivity index (χ4n) is 3.95. The average molecular weight is 505 g/mol. The standard InChI is InChI=1S/C30H36N2O5/c1-4-27-23(8-6-10-25(27)21-33)13-15-30(36)32-17-19-37-18-16-31-20-26(35)14-12-24-9-7-11-29(22(3)34)28(24)5-2/h6-15,21,31H,4-5,16-20H2,1-3H3,(H,32,36)/b14-12+,15-13+. The molecular formula is C30H36N2O5. The highest BCUT2D eigenvalue weighted by atomic mass is 16.5. The van der Waals surface area contributed by atoms with E-state index in [4.69, 9.17) is 4.74 Å². The van der Waals surface area contributed by atoms with Crippen molar-refractivity contribution >= 4 is 35.9 Å². The van der Waals surface area contributed by atoms with Crippen LogP contribution >= 0.6 is 0 Å². The lowest BCUT2D eigenvalue weighted by Crippen LogP contribution is -2.28. The number of carbonyl (C=O) groups excluding carboxylic acids is 4. The molecule has 0 fully saturated rings. The molecule has 0 unspecified atom stereocenters. The van der Waals surface area contributed by atoms with Gasteiger partial charge in [0.25, 0.3) is 0 Å². The Bertz CT molecular complexity index is 1150. The van der Waals surface area contributed by atoms with Gasteiger partial charge >= 0.3 is 0 Å². The van der Waals surface area contributed by atoms with E-state index in [0.29, 0.717) is 50.3 Å². The molecule has 0 aliphatic heterocycles. The molecule has 0 radical (unpaired) electrons. The zero-order chi connectivity index (χ0) is 27.0. The maximum absolute atomic E-state index is 12.2. The van der Waals surface area contributed by atoms with Crippen molar-refractivity contribution in [2.45, 2.75) is 33.6 Å². The predicted molar refractivity (Wildman–Crippen MR) is 147 cm³/mol. The number of hydrogen-bond donors (Lipinski definition) is 2. The lowest BCUT2D eigenvalue weighted by molar-refractivity contribution is -0.116. The minimum absolute atomic E-state index is 0.0167. The second-order valence-electron chi connectivity index (χ2n) is 8.38. The van der Waals surface area contributed by atoms with Gasteiger partial charge in [0, 0.05) is 30.3 Å². The van der Waals surface area contributed by atoms with Gasteiger partial charge in [-0.2, -0.15) is 0 Å². The van der Waals surface area contributed by atoms with Gasteiger partial charge in [-0.25, -0.2) is 0 Å². The number of nitrogens with one attached hydrogen (secondary N) is 2. The summed E-state index contributed by atoms with van der Waals surface area (Å²) in [7, 11) is 0. The normalized spacial score (nSPS) is 11.2. The second-order valence-corrected chi connectivity index (χ2v) is 8.38. The molecule has 0 aliphatic carbocycles. The second kappa shape index (κ2) is 16.1. The van der Waals surface area contributed by atoms with Crippen LogP contribution in [0.15, 0.2) is 48.6 Å². The summed E-state index contributed by atoms with van der Waals surface area (Å²) in [6.45, 7) is 7.30. The van der Waals surface area contributed by atoms with Crippen molar-refractivity contribution in [2.24, 2.45) is 0 Å². The summed E-state index contributed by atoms with van der Waals surface area (Å²) in [5.41, 5.74) is 4.91. The fourth-order valence-corrected chi connectivity index (χ4v) is 3.95. The Balaban J connectivity index is 1.64. The van der Waals surface area contributed by atoms with Crippen LogP contribution in [-0.4, -0.2) is 56.6 Å². The number of rotatable bonds is 16. The van der Waals surface area contributed by atoms with E-state index in [0.717, 1.165) is 28.5 Å². The van der Waals surface area contributed by atoms with Crippen molar-refractivity contribution in [1.29, 1.82) is 0 Å². The highest BCUT2D eigenvalue weighted by molar-refractivity contribution is 5.98. The minimum atomic E-state index is -0.238. The van der Waals surface area contributed by atoms with Gasteiger partial charge < -0.3 is 15.4 Å². The van der Waals surface area contributed by atoms with E-state index in [1.807, 2.05) is 38.1 Å². The molecule has 0 bridgehead atoms. The number of Topliss-reactive ketones (excluding diaryl/α,β-unsaturated/α-hetero) is 1. The van der Waals surface area contributed by atoms with Gasteiger partial charge in [-0.15, -0.1) is 0 Å². The number of ketones is 2. The summed E-state index contributed by atoms with van der Waals surface area (Å²) < 4.78 is 5.49. The van der Waals surface area contributed by atoms with E-state index in [-0.39, 0.29) is 24.0 Å². The Morgan fingerprint density at radius 1 is 0.838 bits per heavy atom. The topological polar surface area (TPSA) is 102 Å². The van der Waals surface area contributed by atoms with E-state index in [1.165, 1.54) is 12.2 Å². The molecule has 37 heavy (non-hydrogen) atoms. The Labute approximate surface area is 219 Å². The van der Waals surface area contributed by atoms with Crippen molar-refractivity contribution in [2.75, 3.05) is 32.8 Å². The van der Waals surface area contributed by atoms with Crippen LogP contribution in [0.25, 0.3) is 12.2 Å². The highest BCUT2D eigenvalue weighted by Crippen LogP contribution is 2.18. The molecule has 7 heteroatoms. The number of carbonyl (C=O) groups is 4. The Hall–Kier alpha value is -3.68. The smallest absolute Gasteiger partial charge is 0.244 e. The van der Waals surface area contributed by atoms with E-state index >= 15 is 0 Å². The summed E-state index contributed by atoms with van der Waals surface area (Å²) in [6.07, 6.45) is 8.68. The Morgan fingerprint density at radius 2 is 1.46 bits per heavy atom. The van der Waals surface area contributed by atoms with Crippen molar-refractivity contribution in [1.82, 2.24) is 10.6 Å². The van der Waals surface area contributed by atoms with Crippen molar-refractivity contribution in [3.63, 3.8) is 0 Å². The summed E-state index contributed by atoms with van der Waals surface area (Å²) >= 11 is 0. The van der Waals surface area contributed by atoms with E-state index in [2.05, 4.69) is 10.6 Å². The van der Waals surface area contributed by atoms with Gasteiger partial charge in [0.15, 0.2) is 11.6 Å². The van der Waals surface area contributed by atoms with Gasteiger partial charge in [0.2, 0.25) is 5.91 Å². The zero-order valence-corrected chi connectivity index (χ0v) is 21.8. The molecular weight excluding hydrogens is 468 g/mol. The first-order chi connectivity index (χ1) is 17.9. The van der Waals surface area contributed by atoms with Gasteiger partial charge in [-0.3, -0.25) is 19.2 Å². The quantitative estimate of drug-likeness (QED) is 0.156. The maximum Gasteiger partial charge on any atom is 0.244 e. The summed E-state index contributed by atoms with van der Waals surface area (Å²) in [4.78, 5) is 47.2. The number of aldehydes is 1. The van der Waals surface area contributed by atoms with Crippen LogP contribution < -0.4 is 10.6 Å². The zero-order valence-electron chi connectivity index (χ0n) is 21.8. The highest BCUT2D eigenvalue weighted by Gasteiger charge is 2.09. The van der Waals surface area contributed by atoms with Crippen LogP contribution in [0.2, 0.25) is 0 Å². The van der Waals surface area contributed by atoms with Gasteiger partial charge in [0.1, 0.15) is 6.29 Å². The van der Waals surface area contributed by atoms with Crippen LogP contribution in [0.1, 0.15) is 63.7 Å². The third kappa shape index (κ3) is 9.71. The SMILES string of the molecule is CCc1c(C=O)cccc1/C=C/C(=O)NCCOCCNCC(=O)/C=C/c1cccc(C(C)=O)c1CC. The first-order valence-electron chi connectivity index (χ1n) is 12.6. The maximum atomic E-state index is 12.2. The molecule has 2 aromatic carbocycles. The van der Waals surface area contributed by atoms with Crippen molar-refractivity contribution in [3.8, 4) is 0 Å². The Morgan fingerprint density at radius 3 is 2.14 bits per heavy atom. The van der Waals surface area contributed by atoms with Crippen LogP contribution in [0.5, 0.6) is 0 Å². The molecule has 0 saturated carbocycles. The Kier molecular flexibility index (Phi) is 12.9. The summed E-state index contributed by atoms with van der Waals surface area (Å²) in [5.74, 6) is -0.292. The molecule has 0 saturated heterocycles. The first kappa shape index (κ1) is 29.5. The average Bonchev–Trinajstić information content (AvgIpc) is 2.91. The molecule has 7 nitrogen and oxygen atoms in total. The molecule has 196 valence electrons. The molecule has 2 rings (SSSR count). The van der Waals surface area contributed by atoms with Gasteiger partial charge in [-0.05, 0) is 54.2 Å². The summed E-state index contributed by atoms with van der Waals surface area (Å²) in [5, 5.41) is 5.79. The lowest BCUT2D eigenvalue weighted by Gasteiger charge is -2.08. The third-order valence-electron chi connectivity index (χ3n) is 5.81. The van der Waals surface area contributed by atoms with Gasteiger partial charge in [0.05, 0.1) is 19.8 Å². The minimum Gasteiger partial charge on any atom is -0.378 e. The molecule has 0 heterocycles. The summed E-state index contributed by atoms with van der Waals surface area (Å²) in [6, 6.07) is 11.0. The number of ether oxygens (including phenoxy) is 1. The monoisotopic (exact) mass is 504 g/mol.